The fourth-order valence-corrected chi connectivity index (χ4v) is 3.93. The van der Waals surface area contributed by atoms with E-state index in [1.807, 2.05) is 0 Å². The first-order valence-corrected chi connectivity index (χ1v) is 11.5. The average molecular weight is 547 g/mol. The third kappa shape index (κ3) is 4.97. The zero-order chi connectivity index (χ0) is 26.0. The van der Waals surface area contributed by atoms with Crippen molar-refractivity contribution < 1.29 is 23.9 Å². The molecule has 1 aliphatic heterocycles. The second-order valence-corrected chi connectivity index (χ2v) is 8.65. The molecule has 0 radical (unpaired) electrons. The Balaban J connectivity index is 1.49. The molecule has 0 saturated heterocycles. The summed E-state index contributed by atoms with van der Waals surface area (Å²) in [4.78, 5) is 39.3. The summed E-state index contributed by atoms with van der Waals surface area (Å²) in [6.45, 7) is 0. The smallest absolute Gasteiger partial charge is 0.283 e. The van der Waals surface area contributed by atoms with Crippen molar-refractivity contribution in [3.8, 4) is 11.5 Å². The van der Waals surface area contributed by atoms with Crippen molar-refractivity contribution in [3.05, 3.63) is 87.0 Å². The van der Waals surface area contributed by atoms with E-state index in [0.717, 1.165) is 4.90 Å². The van der Waals surface area contributed by atoms with Gasteiger partial charge < -0.3 is 20.1 Å². The van der Waals surface area contributed by atoms with Gasteiger partial charge in [-0.25, -0.2) is 4.90 Å². The van der Waals surface area contributed by atoms with Crippen LogP contribution in [0.15, 0.2) is 71.4 Å². The van der Waals surface area contributed by atoms with Gasteiger partial charge in [0.1, 0.15) is 22.2 Å². The maximum atomic E-state index is 13.0. The van der Waals surface area contributed by atoms with E-state index in [0.29, 0.717) is 28.4 Å². The molecular weight excluding hydrogens is 529 g/mol. The number of methoxy groups -OCH3 is 2. The Labute approximate surface area is 221 Å². The number of hydrogen-bond acceptors (Lipinski definition) is 6. The number of amides is 3. The van der Waals surface area contributed by atoms with E-state index < -0.39 is 11.8 Å². The summed E-state index contributed by atoms with van der Waals surface area (Å²) < 4.78 is 10.5. The second kappa shape index (κ2) is 10.5. The first-order valence-electron chi connectivity index (χ1n) is 10.4. The number of imide groups is 1. The van der Waals surface area contributed by atoms with E-state index in [1.54, 1.807) is 42.5 Å². The zero-order valence-electron chi connectivity index (χ0n) is 18.9. The molecule has 3 amide bonds. The minimum Gasteiger partial charge on any atom is -0.497 e. The third-order valence-corrected chi connectivity index (χ3v) is 6.35. The van der Waals surface area contributed by atoms with Crippen LogP contribution in [0.3, 0.4) is 0 Å². The minimum absolute atomic E-state index is 0.106. The predicted molar refractivity (Wildman–Crippen MR) is 139 cm³/mol. The SMILES string of the molecule is COc1ccc(OC)c(NC(=O)c2ccc(NC3=C(Cl)C(=O)N(c4ccc(Cl)c(Cl)c4)C3=O)cc2)c1. The number of carbonyl (C=O) groups is 3. The number of nitrogens with zero attached hydrogens (tertiary/aromatic N) is 1. The topological polar surface area (TPSA) is 97.0 Å². The van der Waals surface area contributed by atoms with Gasteiger partial charge in [-0.15, -0.1) is 0 Å². The van der Waals surface area contributed by atoms with E-state index in [4.69, 9.17) is 44.3 Å². The molecule has 0 aliphatic carbocycles. The fraction of sp³-hybridized carbons (Fsp3) is 0.0800. The van der Waals surface area contributed by atoms with Gasteiger partial charge >= 0.3 is 0 Å². The van der Waals surface area contributed by atoms with E-state index in [2.05, 4.69) is 10.6 Å². The van der Waals surface area contributed by atoms with Gasteiger partial charge in [-0.05, 0) is 54.6 Å². The molecule has 11 heteroatoms. The molecule has 0 bridgehead atoms. The van der Waals surface area contributed by atoms with Crippen LogP contribution in [0.4, 0.5) is 17.1 Å². The molecule has 8 nitrogen and oxygen atoms in total. The monoisotopic (exact) mass is 545 g/mol. The zero-order valence-corrected chi connectivity index (χ0v) is 21.2. The summed E-state index contributed by atoms with van der Waals surface area (Å²) in [5.74, 6) is -0.717. The average Bonchev–Trinajstić information content (AvgIpc) is 3.09. The van der Waals surface area contributed by atoms with Crippen molar-refractivity contribution >= 4 is 69.6 Å². The van der Waals surface area contributed by atoms with Crippen molar-refractivity contribution in [2.45, 2.75) is 0 Å². The first-order chi connectivity index (χ1) is 17.2. The van der Waals surface area contributed by atoms with Crippen LogP contribution in [0.25, 0.3) is 0 Å². The Kier molecular flexibility index (Phi) is 7.40. The molecule has 1 aliphatic rings. The molecule has 3 aromatic carbocycles. The summed E-state index contributed by atoms with van der Waals surface area (Å²) in [7, 11) is 3.02. The van der Waals surface area contributed by atoms with Gasteiger partial charge in [0.05, 0.1) is 35.6 Å². The lowest BCUT2D eigenvalue weighted by Gasteiger charge is -2.16. The molecule has 0 unspecified atom stereocenters. The lowest BCUT2D eigenvalue weighted by atomic mass is 10.1. The largest absolute Gasteiger partial charge is 0.497 e. The van der Waals surface area contributed by atoms with Crippen molar-refractivity contribution in [2.75, 3.05) is 29.8 Å². The van der Waals surface area contributed by atoms with Crippen LogP contribution >= 0.6 is 34.8 Å². The van der Waals surface area contributed by atoms with Gasteiger partial charge in [0.2, 0.25) is 0 Å². The maximum absolute atomic E-state index is 13.0. The highest BCUT2D eigenvalue weighted by atomic mass is 35.5. The molecule has 36 heavy (non-hydrogen) atoms. The standard InChI is InChI=1S/C25H18Cl3N3O5/c1-35-16-8-10-20(36-2)19(12-16)30-23(32)13-3-5-14(6-4-13)29-22-21(28)24(33)31(25(22)34)15-7-9-17(26)18(27)11-15/h3-12,29H,1-2H3,(H,30,32). The molecule has 3 aromatic rings. The van der Waals surface area contributed by atoms with Crippen LogP contribution in [0.2, 0.25) is 10.0 Å². The predicted octanol–water partition coefficient (Wildman–Crippen LogP) is 5.70. The summed E-state index contributed by atoms with van der Waals surface area (Å²) in [5, 5.41) is 5.82. The molecule has 0 atom stereocenters. The third-order valence-electron chi connectivity index (χ3n) is 5.26. The summed E-state index contributed by atoms with van der Waals surface area (Å²) in [6.07, 6.45) is 0. The lowest BCUT2D eigenvalue weighted by molar-refractivity contribution is -0.120. The maximum Gasteiger partial charge on any atom is 0.283 e. The van der Waals surface area contributed by atoms with Gasteiger partial charge in [-0.3, -0.25) is 14.4 Å². The van der Waals surface area contributed by atoms with Gasteiger partial charge in [0.15, 0.2) is 0 Å². The molecule has 2 N–H and O–H groups in total. The normalized spacial score (nSPS) is 13.2. The summed E-state index contributed by atoms with van der Waals surface area (Å²) in [6, 6.07) is 15.7. The Morgan fingerprint density at radius 2 is 1.56 bits per heavy atom. The number of rotatable bonds is 7. The highest BCUT2D eigenvalue weighted by molar-refractivity contribution is 6.53. The van der Waals surface area contributed by atoms with Gasteiger partial charge in [-0.2, -0.15) is 0 Å². The number of ether oxygens (including phenoxy) is 2. The molecule has 0 aromatic heterocycles. The Morgan fingerprint density at radius 3 is 2.19 bits per heavy atom. The summed E-state index contributed by atoms with van der Waals surface area (Å²) >= 11 is 18.1. The van der Waals surface area contributed by atoms with Crippen LogP contribution in [0.1, 0.15) is 10.4 Å². The van der Waals surface area contributed by atoms with Gasteiger partial charge in [0, 0.05) is 17.3 Å². The fourth-order valence-electron chi connectivity index (χ4n) is 3.43. The summed E-state index contributed by atoms with van der Waals surface area (Å²) in [5.41, 5.74) is 1.35. The number of anilines is 3. The van der Waals surface area contributed by atoms with E-state index in [1.165, 1.54) is 32.4 Å². The van der Waals surface area contributed by atoms with E-state index in [-0.39, 0.29) is 32.4 Å². The molecule has 1 heterocycles. The van der Waals surface area contributed by atoms with Gasteiger partial charge in [-0.1, -0.05) is 34.8 Å². The van der Waals surface area contributed by atoms with Crippen LogP contribution in [-0.2, 0) is 9.59 Å². The Hall–Kier alpha value is -3.72. The van der Waals surface area contributed by atoms with E-state index in [9.17, 15) is 14.4 Å². The Morgan fingerprint density at radius 1 is 0.833 bits per heavy atom. The quantitative estimate of drug-likeness (QED) is 0.369. The van der Waals surface area contributed by atoms with E-state index >= 15 is 0 Å². The molecule has 0 spiro atoms. The first kappa shape index (κ1) is 25.4. The number of halogens is 3. The highest BCUT2D eigenvalue weighted by Crippen LogP contribution is 2.34. The molecule has 4 rings (SSSR count). The number of carbonyl (C=O) groups excluding carboxylic acids is 3. The molecule has 0 saturated carbocycles. The second-order valence-electron chi connectivity index (χ2n) is 7.46. The highest BCUT2D eigenvalue weighted by Gasteiger charge is 2.39. The molecular formula is C25H18Cl3N3O5. The van der Waals surface area contributed by atoms with Crippen molar-refractivity contribution in [1.82, 2.24) is 0 Å². The van der Waals surface area contributed by atoms with Crippen LogP contribution < -0.4 is 25.0 Å². The minimum atomic E-state index is -0.703. The number of hydrogen-bond donors (Lipinski definition) is 2. The molecule has 0 fully saturated rings. The number of nitrogens with one attached hydrogen (secondary N) is 2. The van der Waals surface area contributed by atoms with Crippen LogP contribution in [0, 0.1) is 0 Å². The number of benzene rings is 3. The molecule has 184 valence electrons. The van der Waals surface area contributed by atoms with Crippen molar-refractivity contribution in [2.24, 2.45) is 0 Å². The van der Waals surface area contributed by atoms with Crippen molar-refractivity contribution in [3.63, 3.8) is 0 Å². The van der Waals surface area contributed by atoms with Crippen molar-refractivity contribution in [1.29, 1.82) is 0 Å². The van der Waals surface area contributed by atoms with Crippen LogP contribution in [-0.4, -0.2) is 31.9 Å². The lowest BCUT2D eigenvalue weighted by Crippen LogP contribution is -2.32. The van der Waals surface area contributed by atoms with Crippen LogP contribution in [0.5, 0.6) is 11.5 Å². The Bertz CT molecular complexity index is 1410. The van der Waals surface area contributed by atoms with Gasteiger partial charge in [0.25, 0.3) is 17.7 Å².